The fourth-order valence-corrected chi connectivity index (χ4v) is 4.66. The van der Waals surface area contributed by atoms with Crippen LogP contribution in [0, 0.1) is 0 Å². The summed E-state index contributed by atoms with van der Waals surface area (Å²) in [7, 11) is -3.80. The Morgan fingerprint density at radius 3 is 1.69 bits per heavy atom. The Hall–Kier alpha value is -4.10. The molecule has 4 aromatic rings. The Labute approximate surface area is 212 Å². The average molecular weight is 501 g/mol. The number of carbonyl (C=O) groups excluding carboxylic acids is 1. The lowest BCUT2D eigenvalue weighted by atomic mass is 10.1. The van der Waals surface area contributed by atoms with Crippen molar-refractivity contribution in [3.05, 3.63) is 126 Å². The monoisotopic (exact) mass is 500 g/mol. The summed E-state index contributed by atoms with van der Waals surface area (Å²) in [6.07, 6.45) is 1.10. The summed E-state index contributed by atoms with van der Waals surface area (Å²) in [6.45, 7) is 0.357. The summed E-state index contributed by atoms with van der Waals surface area (Å²) in [4.78, 5) is 15.3. The van der Waals surface area contributed by atoms with E-state index < -0.39 is 10.0 Å². The molecule has 4 rings (SSSR count). The topological polar surface area (TPSA) is 66.9 Å². The largest absolute Gasteiger partial charge is 0.455 e. The second-order valence-corrected chi connectivity index (χ2v) is 10.3. The molecule has 0 N–H and O–H groups in total. The lowest BCUT2D eigenvalue weighted by Crippen LogP contribution is -2.42. The van der Waals surface area contributed by atoms with E-state index in [0.29, 0.717) is 30.3 Å². The Morgan fingerprint density at radius 1 is 0.694 bits per heavy atom. The van der Waals surface area contributed by atoms with Gasteiger partial charge in [0, 0.05) is 13.1 Å². The van der Waals surface area contributed by atoms with Crippen LogP contribution in [0.3, 0.4) is 0 Å². The van der Waals surface area contributed by atoms with Crippen LogP contribution in [0.5, 0.6) is 11.5 Å². The van der Waals surface area contributed by atoms with Crippen molar-refractivity contribution in [2.24, 2.45) is 0 Å². The Balaban J connectivity index is 1.64. The number of hydrogen-bond donors (Lipinski definition) is 0. The van der Waals surface area contributed by atoms with Crippen LogP contribution >= 0.6 is 0 Å². The predicted molar refractivity (Wildman–Crippen MR) is 142 cm³/mol. The van der Waals surface area contributed by atoms with E-state index in [-0.39, 0.29) is 12.5 Å². The SMILES string of the molecule is CS(=O)(=O)N(CC(=O)N(Cc1ccccc1)Cc1ccccc1)c1ccccc1Oc1ccccc1. The summed E-state index contributed by atoms with van der Waals surface area (Å²) >= 11 is 0. The van der Waals surface area contributed by atoms with Gasteiger partial charge in [0.1, 0.15) is 12.3 Å². The number of anilines is 1. The molecular formula is C29H28N2O4S. The van der Waals surface area contributed by atoms with E-state index in [1.165, 1.54) is 0 Å². The summed E-state index contributed by atoms with van der Waals surface area (Å²) in [5.74, 6) is 0.599. The van der Waals surface area contributed by atoms with E-state index in [2.05, 4.69) is 0 Å². The molecule has 0 atom stereocenters. The highest BCUT2D eigenvalue weighted by Crippen LogP contribution is 2.33. The van der Waals surface area contributed by atoms with Crippen molar-refractivity contribution in [3.63, 3.8) is 0 Å². The maximum absolute atomic E-state index is 13.6. The van der Waals surface area contributed by atoms with Crippen LogP contribution < -0.4 is 9.04 Å². The van der Waals surface area contributed by atoms with Crippen LogP contribution in [-0.2, 0) is 27.9 Å². The molecule has 0 heterocycles. The van der Waals surface area contributed by atoms with Crippen molar-refractivity contribution < 1.29 is 17.9 Å². The van der Waals surface area contributed by atoms with Crippen molar-refractivity contribution in [1.29, 1.82) is 0 Å². The number of hydrogen-bond acceptors (Lipinski definition) is 4. The van der Waals surface area contributed by atoms with E-state index in [1.807, 2.05) is 78.9 Å². The zero-order valence-electron chi connectivity index (χ0n) is 20.0. The average Bonchev–Trinajstić information content (AvgIpc) is 2.88. The van der Waals surface area contributed by atoms with E-state index in [0.717, 1.165) is 21.7 Å². The Bertz CT molecular complexity index is 1340. The molecule has 6 nitrogen and oxygen atoms in total. The third-order valence-electron chi connectivity index (χ3n) is 5.57. The second kappa shape index (κ2) is 11.6. The molecule has 0 saturated heterocycles. The normalized spacial score (nSPS) is 11.0. The smallest absolute Gasteiger partial charge is 0.243 e. The lowest BCUT2D eigenvalue weighted by Gasteiger charge is -2.28. The molecule has 0 aromatic heterocycles. The first kappa shape index (κ1) is 25.0. The molecule has 0 aliphatic rings. The molecule has 0 aliphatic carbocycles. The van der Waals surface area contributed by atoms with Gasteiger partial charge in [-0.3, -0.25) is 9.10 Å². The van der Waals surface area contributed by atoms with Crippen molar-refractivity contribution in [2.45, 2.75) is 13.1 Å². The maximum atomic E-state index is 13.6. The zero-order valence-corrected chi connectivity index (χ0v) is 20.8. The highest BCUT2D eigenvalue weighted by molar-refractivity contribution is 7.92. The number of ether oxygens (including phenoxy) is 1. The molecule has 0 aliphatic heterocycles. The van der Waals surface area contributed by atoms with E-state index in [4.69, 9.17) is 4.74 Å². The summed E-state index contributed by atoms with van der Waals surface area (Å²) < 4.78 is 32.9. The fourth-order valence-electron chi connectivity index (χ4n) is 3.81. The van der Waals surface area contributed by atoms with Crippen LogP contribution in [0.1, 0.15) is 11.1 Å². The Kier molecular flexibility index (Phi) is 8.02. The third-order valence-corrected chi connectivity index (χ3v) is 6.70. The van der Waals surface area contributed by atoms with E-state index in [9.17, 15) is 13.2 Å². The van der Waals surface area contributed by atoms with Crippen molar-refractivity contribution in [1.82, 2.24) is 4.90 Å². The van der Waals surface area contributed by atoms with Gasteiger partial charge in [0.05, 0.1) is 11.9 Å². The quantitative estimate of drug-likeness (QED) is 0.289. The number of rotatable bonds is 10. The zero-order chi connectivity index (χ0) is 25.4. The number of nitrogens with zero attached hydrogens (tertiary/aromatic N) is 2. The highest BCUT2D eigenvalue weighted by atomic mass is 32.2. The number of benzene rings is 4. The fraction of sp³-hybridized carbons (Fsp3) is 0.138. The molecule has 184 valence electrons. The summed E-state index contributed by atoms with van der Waals surface area (Å²) in [6, 6.07) is 35.2. The lowest BCUT2D eigenvalue weighted by molar-refractivity contribution is -0.130. The molecule has 0 spiro atoms. The van der Waals surface area contributed by atoms with Crippen molar-refractivity contribution in [2.75, 3.05) is 17.1 Å². The molecule has 0 radical (unpaired) electrons. The van der Waals surface area contributed by atoms with Gasteiger partial charge in [0.25, 0.3) is 0 Å². The van der Waals surface area contributed by atoms with Gasteiger partial charge >= 0.3 is 0 Å². The van der Waals surface area contributed by atoms with Crippen LogP contribution in [0.4, 0.5) is 5.69 Å². The molecular weight excluding hydrogens is 472 g/mol. The van der Waals surface area contributed by atoms with Gasteiger partial charge in [-0.05, 0) is 35.4 Å². The van der Waals surface area contributed by atoms with Crippen LogP contribution in [0.25, 0.3) is 0 Å². The minimum Gasteiger partial charge on any atom is -0.455 e. The predicted octanol–water partition coefficient (Wildman–Crippen LogP) is 5.47. The van der Waals surface area contributed by atoms with Crippen LogP contribution in [-0.4, -0.2) is 32.0 Å². The van der Waals surface area contributed by atoms with Gasteiger partial charge in [0.2, 0.25) is 15.9 Å². The van der Waals surface area contributed by atoms with Crippen molar-refractivity contribution in [3.8, 4) is 11.5 Å². The Morgan fingerprint density at radius 2 is 1.17 bits per heavy atom. The van der Waals surface area contributed by atoms with Crippen LogP contribution in [0.15, 0.2) is 115 Å². The first-order valence-electron chi connectivity index (χ1n) is 11.6. The van der Waals surface area contributed by atoms with E-state index in [1.54, 1.807) is 41.3 Å². The van der Waals surface area contributed by atoms with E-state index >= 15 is 0 Å². The van der Waals surface area contributed by atoms with Gasteiger partial charge < -0.3 is 9.64 Å². The third kappa shape index (κ3) is 6.73. The number of amides is 1. The van der Waals surface area contributed by atoms with Gasteiger partial charge in [-0.2, -0.15) is 0 Å². The van der Waals surface area contributed by atoms with Gasteiger partial charge in [-0.15, -0.1) is 0 Å². The van der Waals surface area contributed by atoms with Crippen molar-refractivity contribution >= 4 is 21.6 Å². The number of sulfonamides is 1. The molecule has 7 heteroatoms. The standard InChI is InChI=1S/C29H28N2O4S/c1-36(33,34)31(27-19-11-12-20-28(27)35-26-17-9-4-10-18-26)23-29(32)30(21-24-13-5-2-6-14-24)22-25-15-7-3-8-16-25/h2-20H,21-23H2,1H3. The molecule has 4 aromatic carbocycles. The number of para-hydroxylation sites is 3. The minimum atomic E-state index is -3.80. The summed E-state index contributed by atoms with van der Waals surface area (Å²) in [5, 5.41) is 0. The van der Waals surface area contributed by atoms with Gasteiger partial charge in [-0.25, -0.2) is 8.42 Å². The maximum Gasteiger partial charge on any atom is 0.243 e. The molecule has 0 unspecified atom stereocenters. The summed E-state index contributed by atoms with van der Waals surface area (Å²) in [5.41, 5.74) is 2.22. The first-order valence-corrected chi connectivity index (χ1v) is 13.4. The molecule has 36 heavy (non-hydrogen) atoms. The molecule has 1 amide bonds. The number of carbonyl (C=O) groups is 1. The highest BCUT2D eigenvalue weighted by Gasteiger charge is 2.27. The van der Waals surface area contributed by atoms with Crippen LogP contribution in [0.2, 0.25) is 0 Å². The minimum absolute atomic E-state index is 0.302. The van der Waals surface area contributed by atoms with Gasteiger partial charge in [0.15, 0.2) is 5.75 Å². The van der Waals surface area contributed by atoms with Gasteiger partial charge in [-0.1, -0.05) is 91.0 Å². The second-order valence-electron chi connectivity index (χ2n) is 8.37. The molecule has 0 saturated carbocycles. The molecule has 0 fully saturated rings. The molecule has 0 bridgehead atoms. The first-order chi connectivity index (χ1) is 17.4.